The summed E-state index contributed by atoms with van der Waals surface area (Å²) in [7, 11) is 1.59. The molecule has 0 spiro atoms. The Morgan fingerprint density at radius 3 is 2.36 bits per heavy atom. The van der Waals surface area contributed by atoms with Crippen LogP contribution in [0.1, 0.15) is 37.7 Å². The smallest absolute Gasteiger partial charge is 0.257 e. The van der Waals surface area contributed by atoms with Gasteiger partial charge in [-0.3, -0.25) is 9.59 Å². The molecule has 0 atom stereocenters. The Kier molecular flexibility index (Phi) is 5.56. The fourth-order valence-electron chi connectivity index (χ4n) is 3.28. The second kappa shape index (κ2) is 7.90. The van der Waals surface area contributed by atoms with Gasteiger partial charge in [-0.15, -0.1) is 0 Å². The van der Waals surface area contributed by atoms with Crippen LogP contribution >= 0.6 is 11.6 Å². The number of nitrogens with zero attached hydrogens (tertiary/aromatic N) is 1. The van der Waals surface area contributed by atoms with Gasteiger partial charge >= 0.3 is 0 Å². The van der Waals surface area contributed by atoms with Crippen molar-refractivity contribution in [1.29, 1.82) is 0 Å². The Balaban J connectivity index is 1.90. The van der Waals surface area contributed by atoms with E-state index in [2.05, 4.69) is 10.6 Å². The van der Waals surface area contributed by atoms with Gasteiger partial charge in [-0.1, -0.05) is 17.7 Å². The highest BCUT2D eigenvalue weighted by Gasteiger charge is 2.18. The predicted molar refractivity (Wildman–Crippen MR) is 113 cm³/mol. The monoisotopic (exact) mass is 395 g/mol. The second-order valence-electron chi connectivity index (χ2n) is 6.66. The van der Waals surface area contributed by atoms with Crippen LogP contribution in [0.25, 0.3) is 5.69 Å². The highest BCUT2D eigenvalue weighted by Crippen LogP contribution is 2.24. The van der Waals surface area contributed by atoms with Gasteiger partial charge in [0, 0.05) is 40.4 Å². The number of benzene rings is 2. The van der Waals surface area contributed by atoms with E-state index in [1.165, 1.54) is 0 Å². The number of carbonyl (C=O) groups excluding carboxylic acids is 2. The van der Waals surface area contributed by atoms with Gasteiger partial charge in [0.1, 0.15) is 0 Å². The predicted octanol–water partition coefficient (Wildman–Crippen LogP) is 4.67. The van der Waals surface area contributed by atoms with Crippen LogP contribution in [-0.2, 0) is 0 Å². The van der Waals surface area contributed by atoms with Crippen LogP contribution in [0, 0.1) is 20.8 Å². The van der Waals surface area contributed by atoms with Gasteiger partial charge in [0.15, 0.2) is 0 Å². The van der Waals surface area contributed by atoms with Crippen molar-refractivity contribution < 1.29 is 9.59 Å². The summed E-state index contributed by atoms with van der Waals surface area (Å²) in [6.07, 6.45) is 0. The summed E-state index contributed by atoms with van der Waals surface area (Å²) in [4.78, 5) is 24.6. The molecular weight excluding hydrogens is 374 g/mol. The van der Waals surface area contributed by atoms with Crippen molar-refractivity contribution in [2.45, 2.75) is 20.8 Å². The summed E-state index contributed by atoms with van der Waals surface area (Å²) in [6.45, 7) is 5.72. The molecule has 0 aliphatic carbocycles. The fourth-order valence-corrected chi connectivity index (χ4v) is 3.47. The van der Waals surface area contributed by atoms with Crippen LogP contribution in [0.3, 0.4) is 0 Å². The summed E-state index contributed by atoms with van der Waals surface area (Å²) >= 11 is 6.12. The fraction of sp³-hybridized carbons (Fsp3) is 0.182. The van der Waals surface area contributed by atoms with E-state index in [0.717, 1.165) is 22.6 Å². The van der Waals surface area contributed by atoms with Crippen LogP contribution in [0.4, 0.5) is 5.69 Å². The van der Waals surface area contributed by atoms with E-state index in [4.69, 9.17) is 11.6 Å². The number of aromatic nitrogens is 1. The van der Waals surface area contributed by atoms with E-state index in [-0.39, 0.29) is 11.8 Å². The number of hydrogen-bond donors (Lipinski definition) is 2. The molecule has 2 aromatic carbocycles. The number of rotatable bonds is 4. The van der Waals surface area contributed by atoms with Crippen LogP contribution in [-0.4, -0.2) is 23.4 Å². The molecule has 2 N–H and O–H groups in total. The number of halogens is 1. The number of hydrogen-bond acceptors (Lipinski definition) is 2. The zero-order chi connectivity index (χ0) is 20.4. The molecule has 3 aromatic rings. The summed E-state index contributed by atoms with van der Waals surface area (Å²) in [5.41, 5.74) is 5.31. The van der Waals surface area contributed by atoms with Crippen molar-refractivity contribution in [1.82, 2.24) is 9.88 Å². The molecule has 2 amide bonds. The third kappa shape index (κ3) is 3.80. The summed E-state index contributed by atoms with van der Waals surface area (Å²) in [5, 5.41) is 6.18. The minimum Gasteiger partial charge on any atom is -0.355 e. The number of aryl methyl sites for hydroxylation is 2. The van der Waals surface area contributed by atoms with Crippen LogP contribution in [0.5, 0.6) is 0 Å². The highest BCUT2D eigenvalue weighted by molar-refractivity contribution is 6.30. The van der Waals surface area contributed by atoms with Crippen LogP contribution < -0.4 is 10.6 Å². The molecule has 0 bridgehead atoms. The van der Waals surface area contributed by atoms with Crippen molar-refractivity contribution in [2.75, 3.05) is 12.4 Å². The lowest BCUT2D eigenvalue weighted by atomic mass is 10.1. The maximum atomic E-state index is 12.9. The molecule has 144 valence electrons. The van der Waals surface area contributed by atoms with Crippen molar-refractivity contribution in [2.24, 2.45) is 0 Å². The molecule has 0 aliphatic rings. The average Bonchev–Trinajstić information content (AvgIpc) is 2.97. The first-order chi connectivity index (χ1) is 13.3. The summed E-state index contributed by atoms with van der Waals surface area (Å²) < 4.78 is 2.00. The van der Waals surface area contributed by atoms with Gasteiger partial charge in [0.25, 0.3) is 11.8 Å². The third-order valence-corrected chi connectivity index (χ3v) is 4.94. The standard InChI is InChI=1S/C22H22ClN3O2/c1-13-10-16(21(27)24-4)8-9-20(13)25-22(28)19-11-14(2)26(15(19)3)18-7-5-6-17(23)12-18/h5-12H,1-4H3,(H,24,27)(H,25,28). The molecule has 6 heteroatoms. The quantitative estimate of drug-likeness (QED) is 0.674. The maximum Gasteiger partial charge on any atom is 0.257 e. The van der Waals surface area contributed by atoms with Gasteiger partial charge < -0.3 is 15.2 Å². The molecule has 28 heavy (non-hydrogen) atoms. The minimum atomic E-state index is -0.197. The Morgan fingerprint density at radius 1 is 0.964 bits per heavy atom. The molecule has 0 radical (unpaired) electrons. The van der Waals surface area contributed by atoms with Gasteiger partial charge in [-0.2, -0.15) is 0 Å². The molecule has 1 heterocycles. The second-order valence-corrected chi connectivity index (χ2v) is 7.10. The average molecular weight is 396 g/mol. The van der Waals surface area contributed by atoms with Gasteiger partial charge in [0.2, 0.25) is 0 Å². The molecule has 3 rings (SSSR count). The normalized spacial score (nSPS) is 10.6. The molecular formula is C22H22ClN3O2. The van der Waals surface area contributed by atoms with E-state index in [1.807, 2.05) is 55.7 Å². The lowest BCUT2D eigenvalue weighted by Gasteiger charge is -2.12. The summed E-state index contributed by atoms with van der Waals surface area (Å²) in [5.74, 6) is -0.358. The number of carbonyl (C=O) groups is 2. The van der Waals surface area contributed by atoms with Crippen LogP contribution in [0.2, 0.25) is 5.02 Å². The Morgan fingerprint density at radius 2 is 1.71 bits per heavy atom. The lowest BCUT2D eigenvalue weighted by Crippen LogP contribution is -2.18. The summed E-state index contributed by atoms with van der Waals surface area (Å²) in [6, 6.07) is 14.6. The van der Waals surface area contributed by atoms with E-state index in [1.54, 1.807) is 25.2 Å². The largest absolute Gasteiger partial charge is 0.355 e. The number of amides is 2. The maximum absolute atomic E-state index is 12.9. The van der Waals surface area contributed by atoms with Crippen molar-refractivity contribution in [3.63, 3.8) is 0 Å². The Labute approximate surface area is 169 Å². The zero-order valence-corrected chi connectivity index (χ0v) is 17.0. The van der Waals surface area contributed by atoms with Gasteiger partial charge in [0.05, 0.1) is 5.56 Å². The molecule has 0 fully saturated rings. The lowest BCUT2D eigenvalue weighted by molar-refractivity contribution is 0.0962. The molecule has 0 aliphatic heterocycles. The first-order valence-electron chi connectivity index (χ1n) is 8.90. The third-order valence-electron chi connectivity index (χ3n) is 4.71. The van der Waals surface area contributed by atoms with Crippen molar-refractivity contribution in [3.8, 4) is 5.69 Å². The van der Waals surface area contributed by atoms with Crippen molar-refractivity contribution in [3.05, 3.63) is 81.6 Å². The highest BCUT2D eigenvalue weighted by atomic mass is 35.5. The SMILES string of the molecule is CNC(=O)c1ccc(NC(=O)c2cc(C)n(-c3cccc(Cl)c3)c2C)c(C)c1. The molecule has 0 saturated carbocycles. The van der Waals surface area contributed by atoms with E-state index >= 15 is 0 Å². The number of anilines is 1. The Hall–Kier alpha value is -3.05. The molecule has 0 unspecified atom stereocenters. The molecule has 1 aromatic heterocycles. The number of nitrogens with one attached hydrogen (secondary N) is 2. The van der Waals surface area contributed by atoms with Gasteiger partial charge in [-0.05, 0) is 68.8 Å². The minimum absolute atomic E-state index is 0.161. The zero-order valence-electron chi connectivity index (χ0n) is 16.3. The van der Waals surface area contributed by atoms with E-state index < -0.39 is 0 Å². The topological polar surface area (TPSA) is 63.1 Å². The Bertz CT molecular complexity index is 1070. The first kappa shape index (κ1) is 19.7. The first-order valence-corrected chi connectivity index (χ1v) is 9.28. The van der Waals surface area contributed by atoms with Crippen molar-refractivity contribution >= 4 is 29.1 Å². The molecule has 5 nitrogen and oxygen atoms in total. The van der Waals surface area contributed by atoms with E-state index in [9.17, 15) is 9.59 Å². The molecule has 0 saturated heterocycles. The van der Waals surface area contributed by atoms with Crippen LogP contribution in [0.15, 0.2) is 48.5 Å². The van der Waals surface area contributed by atoms with E-state index in [0.29, 0.717) is 21.8 Å². The van der Waals surface area contributed by atoms with Gasteiger partial charge in [-0.25, -0.2) is 0 Å².